The molecule has 3 fully saturated rings. The van der Waals surface area contributed by atoms with Gasteiger partial charge < -0.3 is 19.5 Å². The summed E-state index contributed by atoms with van der Waals surface area (Å²) in [5.41, 5.74) is 4.63. The largest absolute Gasteiger partial charge is 0.453 e. The Labute approximate surface area is 312 Å². The fraction of sp³-hybridized carbons (Fsp3) is 0.410. The molecule has 3 aliphatic rings. The van der Waals surface area contributed by atoms with Crippen molar-refractivity contribution >= 4 is 46.0 Å². The molecule has 3 aliphatic heterocycles. The summed E-state index contributed by atoms with van der Waals surface area (Å²) in [7, 11) is 1.87. The summed E-state index contributed by atoms with van der Waals surface area (Å²) in [6.07, 6.45) is 5.27. The molecule has 3 saturated heterocycles. The van der Waals surface area contributed by atoms with E-state index < -0.39 is 5.67 Å². The lowest BCUT2D eigenvalue weighted by molar-refractivity contribution is -0.134. The van der Waals surface area contributed by atoms with Crippen LogP contribution in [0.3, 0.4) is 0 Å². The number of imidazole rings is 1. The number of carbonyl (C=O) groups is 2. The number of amides is 2. The smallest absolute Gasteiger partial charge is 0.234 e. The van der Waals surface area contributed by atoms with Crippen LogP contribution in [0.25, 0.3) is 22.6 Å². The first-order chi connectivity index (χ1) is 25.5. The Bertz CT molecular complexity index is 2140. The molecule has 0 unspecified atom stereocenters. The molecule has 2 amide bonds. The predicted octanol–water partition coefficient (Wildman–Crippen LogP) is 6.15. The third-order valence-corrected chi connectivity index (χ3v) is 11.1. The number of ether oxygens (including phenoxy) is 1. The minimum atomic E-state index is -1.24. The number of aromatic amines is 1. The average Bonchev–Trinajstić information content (AvgIpc) is 3.72. The number of imide groups is 1. The standard InChI is InChI=1S/C39H43ClFN9O3/c1-24-21-48(23-39(41)14-16-49(17-15-39)27-6-4-26(5-7-27)30-12-13-33(51)43-38(30)52)18-19-50(24)28-8-10-29(11-9-28)53-35-32(40)20-42-37-34(35)44-36(45-37)31-22-47(3)46-25(31)2/h4-11,20,22,24,30H,12-19,21,23H2,1-3H3,(H,42,44,45)(H,43,51,52)/t24-,30+/m1/s1. The molecule has 3 aromatic heterocycles. The molecule has 276 valence electrons. The van der Waals surface area contributed by atoms with Crippen LogP contribution in [0.4, 0.5) is 15.8 Å². The summed E-state index contributed by atoms with van der Waals surface area (Å²) in [5.74, 6) is 0.994. The first-order valence-electron chi connectivity index (χ1n) is 18.2. The van der Waals surface area contributed by atoms with E-state index in [1.54, 1.807) is 10.9 Å². The van der Waals surface area contributed by atoms with E-state index in [0.29, 0.717) is 78.8 Å². The lowest BCUT2D eigenvalue weighted by Crippen LogP contribution is -2.56. The number of aromatic nitrogens is 5. The van der Waals surface area contributed by atoms with Gasteiger partial charge in [-0.15, -0.1) is 0 Å². The quantitative estimate of drug-likeness (QED) is 0.180. The van der Waals surface area contributed by atoms with Crippen molar-refractivity contribution in [2.75, 3.05) is 49.1 Å². The van der Waals surface area contributed by atoms with Gasteiger partial charge in [-0.2, -0.15) is 5.10 Å². The Morgan fingerprint density at radius 2 is 1.75 bits per heavy atom. The van der Waals surface area contributed by atoms with Gasteiger partial charge in [0, 0.05) is 89.2 Å². The van der Waals surface area contributed by atoms with E-state index >= 15 is 4.39 Å². The highest BCUT2D eigenvalue weighted by molar-refractivity contribution is 6.32. The summed E-state index contributed by atoms with van der Waals surface area (Å²) < 4.78 is 24.3. The van der Waals surface area contributed by atoms with Gasteiger partial charge in [0.25, 0.3) is 0 Å². The van der Waals surface area contributed by atoms with Crippen LogP contribution >= 0.6 is 11.6 Å². The minimum Gasteiger partial charge on any atom is -0.453 e. The van der Waals surface area contributed by atoms with Gasteiger partial charge >= 0.3 is 0 Å². The number of rotatable bonds is 8. The van der Waals surface area contributed by atoms with E-state index in [1.165, 1.54) is 0 Å². The van der Waals surface area contributed by atoms with E-state index in [2.05, 4.69) is 59.1 Å². The number of carbonyl (C=O) groups excluding carboxylic acids is 2. The molecule has 0 bridgehead atoms. The number of alkyl halides is 1. The number of fused-ring (bicyclic) bond motifs is 1. The normalized spacial score (nSPS) is 20.9. The highest BCUT2D eigenvalue weighted by Gasteiger charge is 2.38. The SMILES string of the molecule is Cc1nn(C)cc1-c1nc2ncc(Cl)c(Oc3ccc(N4CCN(CC5(F)CCN(c6ccc([C@@H]7CCC(=O)NC7=O)cc6)CC5)C[C@H]4C)cc3)c2[nH]1. The Hall–Kier alpha value is -5.01. The number of aryl methyl sites for hydroxylation is 2. The Morgan fingerprint density at radius 1 is 1.02 bits per heavy atom. The van der Waals surface area contributed by atoms with Gasteiger partial charge in [-0.05, 0) is 62.2 Å². The number of benzene rings is 2. The molecule has 5 aromatic rings. The second kappa shape index (κ2) is 14.1. The topological polar surface area (TPSA) is 125 Å². The molecule has 53 heavy (non-hydrogen) atoms. The number of piperidine rings is 2. The van der Waals surface area contributed by atoms with E-state index in [0.717, 1.165) is 47.8 Å². The molecule has 14 heteroatoms. The zero-order valence-corrected chi connectivity index (χ0v) is 30.9. The van der Waals surface area contributed by atoms with Crippen LogP contribution in [0.15, 0.2) is 60.9 Å². The number of H-pyrrole nitrogens is 1. The molecular weight excluding hydrogens is 697 g/mol. The van der Waals surface area contributed by atoms with E-state index in [9.17, 15) is 9.59 Å². The van der Waals surface area contributed by atoms with Crippen LogP contribution in [-0.2, 0) is 16.6 Å². The lowest BCUT2D eigenvalue weighted by atomic mass is 9.89. The highest BCUT2D eigenvalue weighted by Crippen LogP contribution is 2.38. The van der Waals surface area contributed by atoms with Gasteiger partial charge in [-0.3, -0.25) is 24.5 Å². The minimum absolute atomic E-state index is 0.204. The molecule has 0 radical (unpaired) electrons. The Morgan fingerprint density at radius 3 is 2.43 bits per heavy atom. The summed E-state index contributed by atoms with van der Waals surface area (Å²) in [4.78, 5) is 43.0. The van der Waals surface area contributed by atoms with Crippen molar-refractivity contribution in [1.29, 1.82) is 0 Å². The highest BCUT2D eigenvalue weighted by atomic mass is 35.5. The predicted molar refractivity (Wildman–Crippen MR) is 202 cm³/mol. The zero-order valence-electron chi connectivity index (χ0n) is 30.1. The van der Waals surface area contributed by atoms with Crippen LogP contribution in [0.5, 0.6) is 11.5 Å². The van der Waals surface area contributed by atoms with Crippen molar-refractivity contribution < 1.29 is 18.7 Å². The first kappa shape index (κ1) is 35.0. The molecule has 0 spiro atoms. The van der Waals surface area contributed by atoms with Gasteiger partial charge in [0.15, 0.2) is 11.4 Å². The molecule has 2 atom stereocenters. The van der Waals surface area contributed by atoms with Gasteiger partial charge in [0.2, 0.25) is 11.8 Å². The molecule has 6 heterocycles. The molecular formula is C39H43ClFN9O3. The third-order valence-electron chi connectivity index (χ3n) is 10.9. The molecule has 0 saturated carbocycles. The summed E-state index contributed by atoms with van der Waals surface area (Å²) in [5, 5.41) is 7.23. The maximum atomic E-state index is 16.2. The van der Waals surface area contributed by atoms with Gasteiger partial charge in [0.1, 0.15) is 27.8 Å². The van der Waals surface area contributed by atoms with Crippen LogP contribution in [0.2, 0.25) is 5.02 Å². The molecule has 12 nitrogen and oxygen atoms in total. The maximum absolute atomic E-state index is 16.2. The molecule has 0 aliphatic carbocycles. The fourth-order valence-corrected chi connectivity index (χ4v) is 8.19. The zero-order chi connectivity index (χ0) is 36.9. The van der Waals surface area contributed by atoms with Crippen molar-refractivity contribution in [1.82, 2.24) is 34.9 Å². The average molecular weight is 740 g/mol. The second-order valence-corrected chi connectivity index (χ2v) is 15.0. The lowest BCUT2D eigenvalue weighted by Gasteiger charge is -2.45. The molecule has 2 N–H and O–H groups in total. The fourth-order valence-electron chi connectivity index (χ4n) is 8.01. The number of halogens is 2. The van der Waals surface area contributed by atoms with E-state index in [-0.39, 0.29) is 23.8 Å². The van der Waals surface area contributed by atoms with Crippen LogP contribution < -0.4 is 19.9 Å². The van der Waals surface area contributed by atoms with Crippen molar-refractivity contribution in [2.45, 2.75) is 57.2 Å². The van der Waals surface area contributed by atoms with Gasteiger partial charge in [0.05, 0.1) is 23.4 Å². The second-order valence-electron chi connectivity index (χ2n) is 14.6. The maximum Gasteiger partial charge on any atom is 0.234 e. The molecule has 8 rings (SSSR count). The van der Waals surface area contributed by atoms with E-state index in [4.69, 9.17) is 16.3 Å². The van der Waals surface area contributed by atoms with Crippen molar-refractivity contribution in [3.8, 4) is 22.9 Å². The number of piperazine rings is 1. The van der Waals surface area contributed by atoms with Crippen molar-refractivity contribution in [3.05, 3.63) is 77.2 Å². The first-order valence-corrected chi connectivity index (χ1v) is 18.6. The van der Waals surface area contributed by atoms with Crippen LogP contribution in [0.1, 0.15) is 49.8 Å². The van der Waals surface area contributed by atoms with Crippen molar-refractivity contribution in [2.24, 2.45) is 7.05 Å². The summed E-state index contributed by atoms with van der Waals surface area (Å²) >= 11 is 6.57. The van der Waals surface area contributed by atoms with E-state index in [1.807, 2.05) is 56.6 Å². The number of pyridine rings is 1. The Kier molecular flexibility index (Phi) is 9.32. The number of hydrogen-bond acceptors (Lipinski definition) is 9. The van der Waals surface area contributed by atoms with Crippen LogP contribution in [0, 0.1) is 6.92 Å². The molecule has 2 aromatic carbocycles. The van der Waals surface area contributed by atoms with Crippen molar-refractivity contribution in [3.63, 3.8) is 0 Å². The number of anilines is 2. The van der Waals surface area contributed by atoms with Gasteiger partial charge in [-0.1, -0.05) is 23.7 Å². The number of hydrogen-bond donors (Lipinski definition) is 2. The summed E-state index contributed by atoms with van der Waals surface area (Å²) in [6, 6.07) is 16.1. The number of nitrogens with zero attached hydrogens (tertiary/aromatic N) is 7. The van der Waals surface area contributed by atoms with Crippen LogP contribution in [-0.4, -0.2) is 92.4 Å². The Balaban J connectivity index is 0.851. The monoisotopic (exact) mass is 739 g/mol. The number of nitrogens with one attached hydrogen (secondary N) is 2. The van der Waals surface area contributed by atoms with Gasteiger partial charge in [-0.25, -0.2) is 14.4 Å². The summed E-state index contributed by atoms with van der Waals surface area (Å²) in [6.45, 7) is 8.18. The third kappa shape index (κ3) is 7.19.